The number of fused-ring (bicyclic) bond motifs is 2. The Kier molecular flexibility index (Phi) is 4.22. The van der Waals surface area contributed by atoms with Crippen molar-refractivity contribution in [3.8, 4) is 0 Å². The first-order valence-electron chi connectivity index (χ1n) is 11.6. The Morgan fingerprint density at radius 2 is 0.658 bits per heavy atom. The van der Waals surface area contributed by atoms with Crippen LogP contribution in [0.5, 0.6) is 0 Å². The lowest BCUT2D eigenvalue weighted by Crippen LogP contribution is -2.33. The van der Waals surface area contributed by atoms with Crippen LogP contribution < -0.4 is 19.6 Å². The minimum atomic E-state index is 0.338. The van der Waals surface area contributed by atoms with Crippen molar-refractivity contribution in [2.75, 3.05) is 19.6 Å². The molecule has 0 N–H and O–H groups in total. The van der Waals surface area contributed by atoms with E-state index in [4.69, 9.17) is 17.7 Å². The van der Waals surface area contributed by atoms with Crippen LogP contribution in [0.4, 0.5) is 46.8 Å². The van der Waals surface area contributed by atoms with Gasteiger partial charge in [-0.05, 0) is 24.3 Å². The van der Waals surface area contributed by atoms with Gasteiger partial charge in [0.05, 0.1) is 47.5 Å². The first kappa shape index (κ1) is 20.4. The Labute approximate surface area is 214 Å². The number of para-hydroxylation sites is 4. The Hall–Kier alpha value is -5.78. The number of benzene rings is 2. The predicted octanol–water partition coefficient (Wildman–Crippen LogP) is 6.05. The van der Waals surface area contributed by atoms with E-state index >= 15 is 0 Å². The van der Waals surface area contributed by atoms with Crippen LogP contribution >= 0.6 is 0 Å². The number of nitrogens with zero attached hydrogens (tertiary/aromatic N) is 8. The van der Waals surface area contributed by atoms with Crippen molar-refractivity contribution in [1.82, 2.24) is 19.9 Å². The van der Waals surface area contributed by atoms with E-state index in [1.807, 2.05) is 68.1 Å². The molecule has 2 aliphatic rings. The summed E-state index contributed by atoms with van der Waals surface area (Å²) in [6.07, 6.45) is 12.5. The van der Waals surface area contributed by atoms with Gasteiger partial charge in [0, 0.05) is 0 Å². The van der Waals surface area contributed by atoms with Gasteiger partial charge >= 0.3 is 24.1 Å². The van der Waals surface area contributed by atoms with Gasteiger partial charge in [0.25, 0.3) is 0 Å². The van der Waals surface area contributed by atoms with Gasteiger partial charge in [-0.2, -0.15) is 0 Å². The maximum Gasteiger partial charge on any atom is 0.307 e. The molecule has 0 bridgehead atoms. The average molecular weight is 504 g/mol. The number of hydrogen-bond acceptors (Lipinski definition) is 12. The van der Waals surface area contributed by atoms with Crippen molar-refractivity contribution < 1.29 is 17.7 Å². The first-order chi connectivity index (χ1) is 18.9. The molecule has 0 radical (unpaired) electrons. The van der Waals surface area contributed by atoms with Crippen LogP contribution in [-0.2, 0) is 0 Å². The number of hydrogen-bond donors (Lipinski definition) is 0. The lowest BCUT2D eigenvalue weighted by Gasteiger charge is -2.28. The molecule has 2 aliphatic heterocycles. The van der Waals surface area contributed by atoms with Crippen LogP contribution in [0.3, 0.4) is 0 Å². The van der Waals surface area contributed by atoms with Crippen molar-refractivity contribution >= 4 is 46.8 Å². The van der Waals surface area contributed by atoms with Crippen LogP contribution in [0, 0.1) is 0 Å². The summed E-state index contributed by atoms with van der Waals surface area (Å²) in [4.78, 5) is 25.5. The van der Waals surface area contributed by atoms with Gasteiger partial charge in [-0.1, -0.05) is 24.3 Å². The summed E-state index contributed by atoms with van der Waals surface area (Å²) >= 11 is 0. The number of aromatic nitrogens is 4. The lowest BCUT2D eigenvalue weighted by atomic mass is 10.2. The Bertz CT molecular complexity index is 1490. The Morgan fingerprint density at radius 1 is 0.395 bits per heavy atom. The number of oxazole rings is 4. The second-order valence-electron chi connectivity index (χ2n) is 8.22. The molecule has 12 nitrogen and oxygen atoms in total. The van der Waals surface area contributed by atoms with Crippen molar-refractivity contribution in [3.63, 3.8) is 0 Å². The molecule has 0 fully saturated rings. The first-order valence-corrected chi connectivity index (χ1v) is 11.6. The highest BCUT2D eigenvalue weighted by Gasteiger charge is 2.48. The third kappa shape index (κ3) is 2.79. The predicted molar refractivity (Wildman–Crippen MR) is 134 cm³/mol. The standard InChI is InChI=1S/C26H16N8O4/c1-2-6-18-17(5-1)31(23-27-9-13-35-23)21(32(18)24-28-10-14-36-24)22-33(25-29-11-15-37-25)19-7-3-4-8-20(19)34(22)26-30-12-16-38-26/h1-16H. The highest BCUT2D eigenvalue weighted by Crippen LogP contribution is 2.55. The maximum absolute atomic E-state index is 5.85. The van der Waals surface area contributed by atoms with Gasteiger partial charge < -0.3 is 17.7 Å². The summed E-state index contributed by atoms with van der Waals surface area (Å²) in [6, 6.07) is 17.0. The molecule has 0 spiro atoms. The Balaban J connectivity index is 1.52. The second-order valence-corrected chi connectivity index (χ2v) is 8.22. The van der Waals surface area contributed by atoms with Gasteiger partial charge in [0.2, 0.25) is 0 Å². The van der Waals surface area contributed by atoms with Crippen molar-refractivity contribution in [2.24, 2.45) is 0 Å². The fourth-order valence-electron chi connectivity index (χ4n) is 4.82. The molecule has 38 heavy (non-hydrogen) atoms. The summed E-state index contributed by atoms with van der Waals surface area (Å²) < 4.78 is 23.4. The van der Waals surface area contributed by atoms with Crippen LogP contribution in [0.15, 0.2) is 128 Å². The fourth-order valence-corrected chi connectivity index (χ4v) is 4.82. The molecule has 8 rings (SSSR count). The van der Waals surface area contributed by atoms with Crippen molar-refractivity contribution in [2.45, 2.75) is 0 Å². The summed E-state index contributed by atoms with van der Waals surface area (Å²) in [5.41, 5.74) is 3.19. The maximum atomic E-state index is 5.85. The SMILES string of the molecule is c1ccc2c(c1)N(c1ncco1)C(=C1N(c3ncco3)c3ccccc3N1c1ncco1)N2c1ncco1. The normalized spacial score (nSPS) is 14.5. The number of anilines is 8. The highest BCUT2D eigenvalue weighted by atomic mass is 16.4. The second kappa shape index (κ2) is 7.86. The zero-order valence-corrected chi connectivity index (χ0v) is 19.4. The topological polar surface area (TPSA) is 117 Å². The van der Waals surface area contributed by atoms with Gasteiger partial charge in [-0.15, -0.1) is 0 Å². The van der Waals surface area contributed by atoms with E-state index in [1.54, 1.807) is 24.8 Å². The molecule has 6 heterocycles. The van der Waals surface area contributed by atoms with Crippen LogP contribution in [0.1, 0.15) is 0 Å². The van der Waals surface area contributed by atoms with Gasteiger partial charge in [-0.3, -0.25) is 0 Å². The molecule has 184 valence electrons. The lowest BCUT2D eigenvalue weighted by molar-refractivity contribution is 0.543. The van der Waals surface area contributed by atoms with E-state index in [-0.39, 0.29) is 0 Å². The van der Waals surface area contributed by atoms with E-state index in [0.717, 1.165) is 22.7 Å². The van der Waals surface area contributed by atoms with Gasteiger partial charge in [0.15, 0.2) is 11.6 Å². The van der Waals surface area contributed by atoms with Crippen LogP contribution in [-0.4, -0.2) is 19.9 Å². The average Bonchev–Trinajstić information content (AvgIpc) is 3.78. The molecule has 0 saturated carbocycles. The summed E-state index contributed by atoms with van der Waals surface area (Å²) in [7, 11) is 0. The molecule has 0 atom stereocenters. The van der Waals surface area contributed by atoms with E-state index in [9.17, 15) is 0 Å². The third-order valence-electron chi connectivity index (χ3n) is 6.22. The third-order valence-corrected chi connectivity index (χ3v) is 6.22. The molecule has 6 aromatic rings. The summed E-state index contributed by atoms with van der Waals surface area (Å²) in [6.45, 7) is 0. The van der Waals surface area contributed by atoms with Crippen LogP contribution in [0.2, 0.25) is 0 Å². The Morgan fingerprint density at radius 3 is 0.868 bits per heavy atom. The molecule has 0 amide bonds. The molecular weight excluding hydrogens is 488 g/mol. The van der Waals surface area contributed by atoms with Gasteiger partial charge in [-0.25, -0.2) is 39.5 Å². The minimum absolute atomic E-state index is 0.338. The van der Waals surface area contributed by atoms with Crippen LogP contribution in [0.25, 0.3) is 0 Å². The van der Waals surface area contributed by atoms with Gasteiger partial charge in [0.1, 0.15) is 25.1 Å². The fraction of sp³-hybridized carbons (Fsp3) is 0. The molecule has 0 saturated heterocycles. The smallest absolute Gasteiger partial charge is 0.307 e. The molecular formula is C26H16N8O4. The quantitative estimate of drug-likeness (QED) is 0.278. The molecule has 2 aromatic carbocycles. The monoisotopic (exact) mass is 504 g/mol. The molecule has 4 aromatic heterocycles. The van der Waals surface area contributed by atoms with E-state index < -0.39 is 0 Å². The zero-order valence-electron chi connectivity index (χ0n) is 19.4. The molecule has 0 unspecified atom stereocenters. The van der Waals surface area contributed by atoms with Crippen molar-refractivity contribution in [3.05, 3.63) is 110 Å². The zero-order chi connectivity index (χ0) is 25.1. The minimum Gasteiger partial charge on any atom is -0.432 e. The van der Waals surface area contributed by atoms with E-state index in [2.05, 4.69) is 19.9 Å². The number of rotatable bonds is 4. The summed E-state index contributed by atoms with van der Waals surface area (Å²) in [5.74, 6) is 1.15. The van der Waals surface area contributed by atoms with Crippen molar-refractivity contribution in [1.29, 1.82) is 0 Å². The largest absolute Gasteiger partial charge is 0.432 e. The van der Waals surface area contributed by atoms with E-state index in [1.165, 1.54) is 25.1 Å². The molecule has 0 aliphatic carbocycles. The highest BCUT2D eigenvalue weighted by molar-refractivity contribution is 5.96. The summed E-state index contributed by atoms with van der Waals surface area (Å²) in [5, 5.41) is 0. The van der Waals surface area contributed by atoms with E-state index in [0.29, 0.717) is 35.7 Å². The molecule has 12 heteroatoms.